The van der Waals surface area contributed by atoms with Crippen molar-refractivity contribution < 1.29 is 4.79 Å². The van der Waals surface area contributed by atoms with Crippen LogP contribution in [0.2, 0.25) is 0 Å². The maximum Gasteiger partial charge on any atom is 0.324 e. The second-order valence-electron chi connectivity index (χ2n) is 6.62. The Labute approximate surface area is 127 Å². The highest BCUT2D eigenvalue weighted by molar-refractivity contribution is 7.80. The van der Waals surface area contributed by atoms with E-state index in [9.17, 15) is 4.79 Å². The summed E-state index contributed by atoms with van der Waals surface area (Å²) in [4.78, 5) is 16.2. The molecule has 4 heteroatoms. The van der Waals surface area contributed by atoms with Crippen molar-refractivity contribution in [3.63, 3.8) is 0 Å². The van der Waals surface area contributed by atoms with Gasteiger partial charge in [-0.1, -0.05) is 39.0 Å². The van der Waals surface area contributed by atoms with E-state index in [0.29, 0.717) is 19.0 Å². The van der Waals surface area contributed by atoms with Crippen LogP contribution in [0, 0.1) is 11.3 Å². The summed E-state index contributed by atoms with van der Waals surface area (Å²) in [5.74, 6) is 1.13. The molecule has 20 heavy (non-hydrogen) atoms. The average molecular weight is 292 g/mol. The average Bonchev–Trinajstić information content (AvgIpc) is 2.38. The zero-order chi connectivity index (χ0) is 14.9. The number of hydrogen-bond donors (Lipinski definition) is 1. The Bertz CT molecular complexity index is 495. The molecule has 0 aromatic heterocycles. The lowest BCUT2D eigenvalue weighted by Gasteiger charge is -2.39. The molecule has 0 saturated heterocycles. The summed E-state index contributed by atoms with van der Waals surface area (Å²) >= 11 is 4.48. The maximum atomic E-state index is 12.5. The molecule has 1 atom stereocenters. The molecule has 0 aliphatic carbocycles. The molecule has 1 aromatic rings. The number of amides is 2. The van der Waals surface area contributed by atoms with Gasteiger partial charge in [0.15, 0.2) is 0 Å². The molecular formula is C16H24N2OS. The third-order valence-electron chi connectivity index (χ3n) is 4.10. The lowest BCUT2D eigenvalue weighted by Crippen LogP contribution is -2.49. The smallest absolute Gasteiger partial charge is 0.323 e. The van der Waals surface area contributed by atoms with Gasteiger partial charge in [0.25, 0.3) is 0 Å². The zero-order valence-electron chi connectivity index (χ0n) is 12.8. The third kappa shape index (κ3) is 2.95. The van der Waals surface area contributed by atoms with E-state index in [1.165, 1.54) is 5.56 Å². The molecule has 0 radical (unpaired) electrons. The number of nitrogens with zero attached hydrogens (tertiary/aromatic N) is 2. The molecule has 1 aliphatic rings. The molecular weight excluding hydrogens is 268 g/mol. The number of anilines is 1. The number of thiol groups is 1. The van der Waals surface area contributed by atoms with Crippen molar-refractivity contribution in [1.82, 2.24) is 4.90 Å². The van der Waals surface area contributed by atoms with Crippen LogP contribution in [0.4, 0.5) is 10.5 Å². The van der Waals surface area contributed by atoms with E-state index in [4.69, 9.17) is 0 Å². The quantitative estimate of drug-likeness (QED) is 0.845. The van der Waals surface area contributed by atoms with Gasteiger partial charge in [0.05, 0.1) is 5.69 Å². The predicted molar refractivity (Wildman–Crippen MR) is 87.4 cm³/mol. The Morgan fingerprint density at radius 1 is 1.30 bits per heavy atom. The van der Waals surface area contributed by atoms with Crippen LogP contribution >= 0.6 is 12.6 Å². The van der Waals surface area contributed by atoms with E-state index in [-0.39, 0.29) is 11.4 Å². The van der Waals surface area contributed by atoms with Crippen molar-refractivity contribution >= 4 is 24.3 Å². The zero-order valence-corrected chi connectivity index (χ0v) is 13.7. The molecule has 2 amide bonds. The Balaban J connectivity index is 2.32. The molecule has 1 heterocycles. The first-order valence-electron chi connectivity index (χ1n) is 7.06. The van der Waals surface area contributed by atoms with Gasteiger partial charge in [0.2, 0.25) is 0 Å². The van der Waals surface area contributed by atoms with Gasteiger partial charge in [-0.25, -0.2) is 4.79 Å². The minimum absolute atomic E-state index is 0.0831. The van der Waals surface area contributed by atoms with Crippen LogP contribution in [-0.2, 0) is 6.54 Å². The summed E-state index contributed by atoms with van der Waals surface area (Å²) in [5, 5.41) is 0. The minimum Gasteiger partial charge on any atom is -0.323 e. The van der Waals surface area contributed by atoms with Crippen LogP contribution in [-0.4, -0.2) is 30.3 Å². The van der Waals surface area contributed by atoms with Crippen molar-refractivity contribution in [3.8, 4) is 0 Å². The van der Waals surface area contributed by atoms with Gasteiger partial charge in [-0.15, -0.1) is 0 Å². The molecule has 0 bridgehead atoms. The number of benzene rings is 1. The Morgan fingerprint density at radius 3 is 2.55 bits per heavy atom. The fourth-order valence-electron chi connectivity index (χ4n) is 2.54. The molecule has 0 fully saturated rings. The molecule has 1 aliphatic heterocycles. The fourth-order valence-corrected chi connectivity index (χ4v) is 3.21. The van der Waals surface area contributed by atoms with Gasteiger partial charge < -0.3 is 4.90 Å². The van der Waals surface area contributed by atoms with Crippen LogP contribution in [0.5, 0.6) is 0 Å². The Kier molecular flexibility index (Phi) is 4.33. The first kappa shape index (κ1) is 15.2. The van der Waals surface area contributed by atoms with Crippen LogP contribution < -0.4 is 4.90 Å². The van der Waals surface area contributed by atoms with E-state index in [1.807, 2.05) is 30.1 Å². The summed E-state index contributed by atoms with van der Waals surface area (Å²) < 4.78 is 0. The van der Waals surface area contributed by atoms with E-state index in [2.05, 4.69) is 39.5 Å². The molecule has 0 spiro atoms. The molecule has 3 nitrogen and oxygen atoms in total. The first-order chi connectivity index (χ1) is 9.34. The van der Waals surface area contributed by atoms with E-state index in [0.717, 1.165) is 11.4 Å². The van der Waals surface area contributed by atoms with Crippen LogP contribution in [0.15, 0.2) is 24.3 Å². The number of rotatable bonds is 3. The monoisotopic (exact) mass is 292 g/mol. The number of hydrogen-bond acceptors (Lipinski definition) is 2. The number of carbonyl (C=O) groups is 1. The van der Waals surface area contributed by atoms with Crippen molar-refractivity contribution in [1.29, 1.82) is 0 Å². The fraction of sp³-hybridized carbons (Fsp3) is 0.562. The molecule has 0 N–H and O–H groups in total. The van der Waals surface area contributed by atoms with E-state index < -0.39 is 0 Å². The van der Waals surface area contributed by atoms with Gasteiger partial charge >= 0.3 is 6.03 Å². The van der Waals surface area contributed by atoms with Crippen LogP contribution in [0.3, 0.4) is 0 Å². The molecule has 2 rings (SSSR count). The lowest BCUT2D eigenvalue weighted by atomic mass is 9.81. The molecule has 1 unspecified atom stereocenters. The SMILES string of the molecule is CN1Cc2ccccc2N(CC(CS)C(C)(C)C)C1=O. The topological polar surface area (TPSA) is 23.6 Å². The summed E-state index contributed by atoms with van der Waals surface area (Å²) in [7, 11) is 1.86. The van der Waals surface area contributed by atoms with Crippen molar-refractivity contribution in [2.24, 2.45) is 11.3 Å². The highest BCUT2D eigenvalue weighted by atomic mass is 32.1. The second-order valence-corrected chi connectivity index (χ2v) is 6.99. The van der Waals surface area contributed by atoms with Crippen molar-refractivity contribution in [2.75, 3.05) is 24.2 Å². The summed E-state index contributed by atoms with van der Waals surface area (Å²) in [6.07, 6.45) is 0. The standard InChI is InChI=1S/C16H24N2OS/c1-16(2,3)13(11-20)10-18-14-8-6-5-7-12(14)9-17(4)15(18)19/h5-8,13,20H,9-11H2,1-4H3. The van der Waals surface area contributed by atoms with Crippen molar-refractivity contribution in [3.05, 3.63) is 29.8 Å². The van der Waals surface area contributed by atoms with Gasteiger partial charge in [-0.05, 0) is 28.7 Å². The number of urea groups is 1. The first-order valence-corrected chi connectivity index (χ1v) is 7.69. The Hall–Kier alpha value is -1.16. The molecule has 110 valence electrons. The summed E-state index contributed by atoms with van der Waals surface area (Å²) in [5.41, 5.74) is 2.39. The predicted octanol–water partition coefficient (Wildman–Crippen LogP) is 3.65. The largest absolute Gasteiger partial charge is 0.324 e. The number of para-hydroxylation sites is 1. The third-order valence-corrected chi connectivity index (χ3v) is 4.54. The maximum absolute atomic E-state index is 12.5. The number of fused-ring (bicyclic) bond motifs is 1. The summed E-state index contributed by atoms with van der Waals surface area (Å²) in [6, 6.07) is 8.24. The van der Waals surface area contributed by atoms with Crippen LogP contribution in [0.25, 0.3) is 0 Å². The summed E-state index contributed by atoms with van der Waals surface area (Å²) in [6.45, 7) is 8.02. The normalized spacial score (nSPS) is 17.1. The minimum atomic E-state index is 0.0831. The second kappa shape index (κ2) is 5.68. The van der Waals surface area contributed by atoms with Crippen LogP contribution in [0.1, 0.15) is 26.3 Å². The molecule has 0 saturated carbocycles. The lowest BCUT2D eigenvalue weighted by molar-refractivity contribution is 0.203. The van der Waals surface area contributed by atoms with Gasteiger partial charge in [-0.2, -0.15) is 12.6 Å². The van der Waals surface area contributed by atoms with Gasteiger partial charge in [0, 0.05) is 20.1 Å². The van der Waals surface area contributed by atoms with Gasteiger partial charge in [-0.3, -0.25) is 4.90 Å². The highest BCUT2D eigenvalue weighted by Gasteiger charge is 2.32. The van der Waals surface area contributed by atoms with Crippen molar-refractivity contribution in [2.45, 2.75) is 27.3 Å². The van der Waals surface area contributed by atoms with E-state index >= 15 is 0 Å². The van der Waals surface area contributed by atoms with Gasteiger partial charge in [0.1, 0.15) is 0 Å². The van der Waals surface area contributed by atoms with E-state index in [1.54, 1.807) is 4.90 Å². The molecule has 1 aromatic carbocycles. The Morgan fingerprint density at radius 2 is 1.95 bits per heavy atom. The number of carbonyl (C=O) groups excluding carboxylic acids is 1. The highest BCUT2D eigenvalue weighted by Crippen LogP contribution is 2.33.